The molecule has 0 saturated carbocycles. The molecule has 7 rings (SSSR count). The van der Waals surface area contributed by atoms with Crippen molar-refractivity contribution in [3.63, 3.8) is 0 Å². The number of hydrogen-bond acceptors (Lipinski definition) is 0. The summed E-state index contributed by atoms with van der Waals surface area (Å²) in [5.74, 6) is 0.803. The lowest BCUT2D eigenvalue weighted by molar-refractivity contribution is 0.778. The average Bonchev–Trinajstić information content (AvgIpc) is 2.92. The van der Waals surface area contributed by atoms with Crippen molar-refractivity contribution in [3.8, 4) is 22.3 Å². The molecule has 0 heteroatoms. The minimum Gasteiger partial charge on any atom is -0.0622 e. The first-order valence-corrected chi connectivity index (χ1v) is 12.3. The third-order valence-electron chi connectivity index (χ3n) is 7.83. The third-order valence-corrected chi connectivity index (χ3v) is 7.83. The second-order valence-electron chi connectivity index (χ2n) is 9.68. The van der Waals surface area contributed by atoms with Gasteiger partial charge < -0.3 is 0 Å². The van der Waals surface area contributed by atoms with Crippen LogP contribution in [0.5, 0.6) is 0 Å². The zero-order valence-electron chi connectivity index (χ0n) is 19.1. The molecule has 0 aromatic heterocycles. The summed E-state index contributed by atoms with van der Waals surface area (Å²) in [6, 6.07) is 45.1. The Kier molecular flexibility index (Phi) is 4.52. The normalized spacial score (nSPS) is 17.8. The van der Waals surface area contributed by atoms with Gasteiger partial charge in [0, 0.05) is 11.8 Å². The maximum atomic E-state index is 2.51. The van der Waals surface area contributed by atoms with Crippen molar-refractivity contribution in [1.29, 1.82) is 0 Å². The smallest absolute Gasteiger partial charge is 0.0136 e. The van der Waals surface area contributed by atoms with E-state index in [-0.39, 0.29) is 0 Å². The predicted octanol–water partition coefficient (Wildman–Crippen LogP) is 8.40. The van der Waals surface area contributed by atoms with E-state index in [2.05, 4.69) is 121 Å². The molecule has 2 aliphatic carbocycles. The van der Waals surface area contributed by atoms with Crippen molar-refractivity contribution in [2.75, 3.05) is 0 Å². The first kappa shape index (κ1) is 19.6. The van der Waals surface area contributed by atoms with Crippen LogP contribution in [0.3, 0.4) is 0 Å². The predicted molar refractivity (Wildman–Crippen MR) is 141 cm³/mol. The van der Waals surface area contributed by atoms with Gasteiger partial charge in [-0.2, -0.15) is 0 Å². The molecule has 0 spiro atoms. The second kappa shape index (κ2) is 7.85. The maximum absolute atomic E-state index is 2.51. The monoisotopic (exact) mass is 434 g/mol. The average molecular weight is 435 g/mol. The first-order chi connectivity index (χ1) is 16.9. The molecule has 5 aromatic carbocycles. The largest absolute Gasteiger partial charge is 0.0622 e. The lowest BCUT2D eigenvalue weighted by Gasteiger charge is -2.33. The minimum absolute atomic E-state index is 0.402. The van der Waals surface area contributed by atoms with Gasteiger partial charge in [-0.3, -0.25) is 0 Å². The summed E-state index contributed by atoms with van der Waals surface area (Å²) in [6.07, 6.45) is 2.10. The molecule has 0 aliphatic heterocycles. The summed E-state index contributed by atoms with van der Waals surface area (Å²) in [4.78, 5) is 0. The number of hydrogen-bond donors (Lipinski definition) is 0. The van der Waals surface area contributed by atoms with Gasteiger partial charge in [0.15, 0.2) is 0 Å². The van der Waals surface area contributed by atoms with Crippen molar-refractivity contribution in [3.05, 3.63) is 155 Å². The lowest BCUT2D eigenvalue weighted by atomic mass is 9.71. The van der Waals surface area contributed by atoms with Crippen molar-refractivity contribution in [2.45, 2.75) is 24.7 Å². The van der Waals surface area contributed by atoms with Gasteiger partial charge in [0.25, 0.3) is 0 Å². The minimum atomic E-state index is 0.402. The Hall–Kier alpha value is -3.90. The molecule has 0 unspecified atom stereocenters. The van der Waals surface area contributed by atoms with Gasteiger partial charge in [-0.05, 0) is 68.5 Å². The molecule has 0 bridgehead atoms. The fourth-order valence-electron chi connectivity index (χ4n) is 6.25. The molecule has 0 heterocycles. The van der Waals surface area contributed by atoms with Crippen LogP contribution >= 0.6 is 0 Å². The van der Waals surface area contributed by atoms with Crippen LogP contribution in [0.15, 0.2) is 121 Å². The van der Waals surface area contributed by atoms with E-state index >= 15 is 0 Å². The van der Waals surface area contributed by atoms with E-state index in [0.717, 1.165) is 12.8 Å². The molecule has 5 aromatic rings. The SMILES string of the molecule is c1ccc([C@H]2Cc3cc4c(cc3-c3ccccc32)C[C@H](c2ccccc2)c2ccccc2-4)cc1. The molecule has 0 N–H and O–H groups in total. The van der Waals surface area contributed by atoms with E-state index in [4.69, 9.17) is 0 Å². The zero-order valence-corrected chi connectivity index (χ0v) is 19.1. The number of fused-ring (bicyclic) bond motifs is 6. The zero-order chi connectivity index (χ0) is 22.5. The summed E-state index contributed by atoms with van der Waals surface area (Å²) in [7, 11) is 0. The molecular formula is C34H26. The van der Waals surface area contributed by atoms with Crippen LogP contribution in [0, 0.1) is 0 Å². The van der Waals surface area contributed by atoms with Gasteiger partial charge in [0.2, 0.25) is 0 Å². The van der Waals surface area contributed by atoms with Gasteiger partial charge in [-0.1, -0.05) is 121 Å². The van der Waals surface area contributed by atoms with Crippen molar-refractivity contribution in [2.24, 2.45) is 0 Å². The van der Waals surface area contributed by atoms with Gasteiger partial charge >= 0.3 is 0 Å². The van der Waals surface area contributed by atoms with Crippen molar-refractivity contribution >= 4 is 0 Å². The van der Waals surface area contributed by atoms with E-state index in [1.54, 1.807) is 0 Å². The topological polar surface area (TPSA) is 0 Å². The fourth-order valence-corrected chi connectivity index (χ4v) is 6.25. The Morgan fingerprint density at radius 3 is 1.21 bits per heavy atom. The van der Waals surface area contributed by atoms with E-state index in [1.807, 2.05) is 0 Å². The summed E-state index contributed by atoms with van der Waals surface area (Å²) in [6.45, 7) is 0. The van der Waals surface area contributed by atoms with Crippen molar-refractivity contribution < 1.29 is 0 Å². The second-order valence-corrected chi connectivity index (χ2v) is 9.68. The Morgan fingerprint density at radius 2 is 0.765 bits per heavy atom. The molecule has 0 amide bonds. The van der Waals surface area contributed by atoms with E-state index < -0.39 is 0 Å². The van der Waals surface area contributed by atoms with Crippen LogP contribution in [0.2, 0.25) is 0 Å². The Bertz CT molecular complexity index is 1380. The molecular weight excluding hydrogens is 408 g/mol. The number of benzene rings is 5. The van der Waals surface area contributed by atoms with E-state index in [9.17, 15) is 0 Å². The van der Waals surface area contributed by atoms with E-state index in [1.165, 1.54) is 55.6 Å². The molecule has 2 aliphatic rings. The molecule has 34 heavy (non-hydrogen) atoms. The van der Waals surface area contributed by atoms with Gasteiger partial charge in [-0.15, -0.1) is 0 Å². The lowest BCUT2D eigenvalue weighted by Crippen LogP contribution is -2.16. The highest BCUT2D eigenvalue weighted by Gasteiger charge is 2.30. The molecule has 0 fully saturated rings. The maximum Gasteiger partial charge on any atom is 0.0136 e. The molecule has 0 saturated heterocycles. The highest BCUT2D eigenvalue weighted by atomic mass is 14.3. The summed E-state index contributed by atoms with van der Waals surface area (Å²) in [5, 5.41) is 0. The molecule has 162 valence electrons. The van der Waals surface area contributed by atoms with Gasteiger partial charge in [0.05, 0.1) is 0 Å². The van der Waals surface area contributed by atoms with Crippen LogP contribution in [0.1, 0.15) is 45.2 Å². The van der Waals surface area contributed by atoms with Crippen LogP contribution in [0.4, 0.5) is 0 Å². The van der Waals surface area contributed by atoms with Crippen molar-refractivity contribution in [1.82, 2.24) is 0 Å². The Labute approximate surface area is 201 Å². The van der Waals surface area contributed by atoms with Crippen LogP contribution in [-0.2, 0) is 12.8 Å². The van der Waals surface area contributed by atoms with Crippen LogP contribution in [-0.4, -0.2) is 0 Å². The quantitative estimate of drug-likeness (QED) is 0.262. The summed E-state index contributed by atoms with van der Waals surface area (Å²) in [5.41, 5.74) is 14.3. The van der Waals surface area contributed by atoms with Crippen LogP contribution < -0.4 is 0 Å². The molecule has 2 atom stereocenters. The third kappa shape index (κ3) is 3.06. The Balaban J connectivity index is 1.41. The molecule has 0 radical (unpaired) electrons. The van der Waals surface area contributed by atoms with Gasteiger partial charge in [-0.25, -0.2) is 0 Å². The standard InChI is InChI=1S/C34H26/c1-3-11-23(12-4-1)31-19-25-21-34-26(22-33(25)29-17-9-7-15-27(29)31)20-32(24-13-5-2-6-14-24)28-16-8-10-18-30(28)34/h1-18,21-22,31-32H,19-20H2/t31-,32-/m1/s1. The highest BCUT2D eigenvalue weighted by molar-refractivity contribution is 5.83. The van der Waals surface area contributed by atoms with Gasteiger partial charge in [0.1, 0.15) is 0 Å². The summed E-state index contributed by atoms with van der Waals surface area (Å²) >= 11 is 0. The number of rotatable bonds is 2. The Morgan fingerprint density at radius 1 is 0.382 bits per heavy atom. The first-order valence-electron chi connectivity index (χ1n) is 12.3. The fraction of sp³-hybridized carbons (Fsp3) is 0.118. The van der Waals surface area contributed by atoms with Crippen LogP contribution in [0.25, 0.3) is 22.3 Å². The summed E-state index contributed by atoms with van der Waals surface area (Å²) < 4.78 is 0. The van der Waals surface area contributed by atoms with E-state index in [0.29, 0.717) is 11.8 Å². The molecule has 0 nitrogen and oxygen atoms in total. The highest BCUT2D eigenvalue weighted by Crippen LogP contribution is 2.48.